The van der Waals surface area contributed by atoms with Crippen molar-refractivity contribution in [1.82, 2.24) is 10.2 Å². The van der Waals surface area contributed by atoms with Crippen molar-refractivity contribution in [1.29, 1.82) is 0 Å². The summed E-state index contributed by atoms with van der Waals surface area (Å²) in [4.78, 5) is 29.4. The summed E-state index contributed by atoms with van der Waals surface area (Å²) in [6.45, 7) is 6.23. The molecule has 0 heterocycles. The van der Waals surface area contributed by atoms with Crippen LogP contribution in [0.1, 0.15) is 63.1 Å². The summed E-state index contributed by atoms with van der Waals surface area (Å²) in [6.07, 6.45) is 4.40. The van der Waals surface area contributed by atoms with E-state index >= 15 is 0 Å². The number of hydrogen-bond acceptors (Lipinski definition) is 3. The van der Waals surface area contributed by atoms with Gasteiger partial charge in [-0.15, -0.1) is 0 Å². The van der Waals surface area contributed by atoms with Crippen molar-refractivity contribution in [2.75, 3.05) is 6.61 Å². The van der Waals surface area contributed by atoms with E-state index in [0.29, 0.717) is 27.8 Å². The molecule has 1 aliphatic carbocycles. The molecule has 0 aliphatic heterocycles. The number of carbonyl (C=O) groups is 2. The SMILES string of the molecule is CC(C)(C)c1ccc(OCC(=O)N(Cc2c(Cl)cccc2Cl)[C@@H](Cc2ccccc2)C(=O)NC2CCCC2)c(Br)c1. The Hall–Kier alpha value is -2.54. The van der Waals surface area contributed by atoms with Crippen molar-refractivity contribution in [3.8, 4) is 5.75 Å². The van der Waals surface area contributed by atoms with Gasteiger partial charge in [-0.25, -0.2) is 0 Å². The molecule has 41 heavy (non-hydrogen) atoms. The second-order valence-corrected chi connectivity index (χ2v) is 13.3. The Balaban J connectivity index is 1.65. The number of nitrogens with zero attached hydrogens (tertiary/aromatic N) is 1. The summed E-state index contributed by atoms with van der Waals surface area (Å²) in [5.41, 5.74) is 2.65. The van der Waals surface area contributed by atoms with Gasteiger partial charge in [0.1, 0.15) is 11.8 Å². The molecule has 2 amide bonds. The lowest BCUT2D eigenvalue weighted by Crippen LogP contribution is -2.53. The van der Waals surface area contributed by atoms with Crippen molar-refractivity contribution in [3.05, 3.63) is 97.9 Å². The van der Waals surface area contributed by atoms with Gasteiger partial charge in [-0.3, -0.25) is 9.59 Å². The van der Waals surface area contributed by atoms with Gasteiger partial charge < -0.3 is 15.0 Å². The fraction of sp³-hybridized carbons (Fsp3) is 0.394. The molecule has 0 spiro atoms. The summed E-state index contributed by atoms with van der Waals surface area (Å²) in [5.74, 6) is 0.0281. The standard InChI is InChI=1S/C33H37BrCl2N2O3/c1-33(2,3)23-16-17-30(26(34)19-23)41-21-31(39)38(20-25-27(35)14-9-15-28(25)36)29(18-22-10-5-4-6-11-22)32(40)37-24-12-7-8-13-24/h4-6,9-11,14-17,19,24,29H,7-8,12-13,18,20-21H2,1-3H3,(H,37,40)/t29-/m0/s1. The average molecular weight is 660 g/mol. The highest BCUT2D eigenvalue weighted by atomic mass is 79.9. The van der Waals surface area contributed by atoms with E-state index in [1.807, 2.05) is 48.5 Å². The van der Waals surface area contributed by atoms with E-state index in [9.17, 15) is 9.59 Å². The molecule has 8 heteroatoms. The fourth-order valence-corrected chi connectivity index (χ4v) is 6.09. The highest BCUT2D eigenvalue weighted by Crippen LogP contribution is 2.32. The quantitative estimate of drug-likeness (QED) is 0.239. The molecule has 0 aromatic heterocycles. The maximum absolute atomic E-state index is 14.0. The highest BCUT2D eigenvalue weighted by Gasteiger charge is 2.33. The van der Waals surface area contributed by atoms with Gasteiger partial charge in [0.15, 0.2) is 6.61 Å². The van der Waals surface area contributed by atoms with E-state index in [4.69, 9.17) is 27.9 Å². The number of nitrogens with one attached hydrogen (secondary N) is 1. The van der Waals surface area contributed by atoms with E-state index < -0.39 is 6.04 Å². The highest BCUT2D eigenvalue weighted by molar-refractivity contribution is 9.10. The van der Waals surface area contributed by atoms with Crippen LogP contribution in [0, 0.1) is 0 Å². The van der Waals surface area contributed by atoms with Crippen LogP contribution in [0.5, 0.6) is 5.75 Å². The zero-order valence-electron chi connectivity index (χ0n) is 23.8. The Morgan fingerprint density at radius 1 is 1.00 bits per heavy atom. The van der Waals surface area contributed by atoms with Crippen molar-refractivity contribution in [3.63, 3.8) is 0 Å². The molecular formula is C33H37BrCl2N2O3. The molecule has 0 radical (unpaired) electrons. The third kappa shape index (κ3) is 8.50. The van der Waals surface area contributed by atoms with Gasteiger partial charge in [-0.05, 0) is 69.6 Å². The molecule has 1 N–H and O–H groups in total. The average Bonchev–Trinajstić information content (AvgIpc) is 3.44. The molecular weight excluding hydrogens is 623 g/mol. The van der Waals surface area contributed by atoms with Gasteiger partial charge >= 0.3 is 0 Å². The van der Waals surface area contributed by atoms with Crippen molar-refractivity contribution in [2.45, 2.75) is 76.9 Å². The van der Waals surface area contributed by atoms with Crippen LogP contribution in [-0.4, -0.2) is 35.4 Å². The first-order valence-corrected chi connectivity index (χ1v) is 15.6. The van der Waals surface area contributed by atoms with Crippen LogP contribution in [0.15, 0.2) is 71.2 Å². The van der Waals surface area contributed by atoms with Gasteiger partial charge in [0.25, 0.3) is 5.91 Å². The Bertz CT molecular complexity index is 1330. The van der Waals surface area contributed by atoms with Crippen LogP contribution in [0.3, 0.4) is 0 Å². The molecule has 4 rings (SSSR count). The van der Waals surface area contributed by atoms with E-state index in [-0.39, 0.29) is 36.4 Å². The van der Waals surface area contributed by atoms with Crippen LogP contribution >= 0.6 is 39.1 Å². The van der Waals surface area contributed by atoms with Gasteiger partial charge in [0.2, 0.25) is 5.91 Å². The molecule has 218 valence electrons. The first-order valence-electron chi connectivity index (χ1n) is 14.0. The van der Waals surface area contributed by atoms with Gasteiger partial charge in [0, 0.05) is 34.6 Å². The molecule has 3 aromatic rings. The lowest BCUT2D eigenvalue weighted by Gasteiger charge is -2.32. The van der Waals surface area contributed by atoms with Crippen LogP contribution < -0.4 is 10.1 Å². The lowest BCUT2D eigenvalue weighted by molar-refractivity contribution is -0.143. The van der Waals surface area contributed by atoms with E-state index in [0.717, 1.165) is 41.3 Å². The topological polar surface area (TPSA) is 58.6 Å². The Labute approximate surface area is 261 Å². The summed E-state index contributed by atoms with van der Waals surface area (Å²) in [6, 6.07) is 20.1. The predicted molar refractivity (Wildman–Crippen MR) is 170 cm³/mol. The first kappa shape index (κ1) is 31.4. The molecule has 1 fully saturated rings. The zero-order chi connectivity index (χ0) is 29.6. The monoisotopic (exact) mass is 658 g/mol. The zero-order valence-corrected chi connectivity index (χ0v) is 26.9. The fourth-order valence-electron chi connectivity index (χ4n) is 5.08. The van der Waals surface area contributed by atoms with Crippen LogP contribution in [0.4, 0.5) is 0 Å². The van der Waals surface area contributed by atoms with E-state index in [2.05, 4.69) is 42.0 Å². The van der Waals surface area contributed by atoms with Gasteiger partial charge in [0.05, 0.1) is 4.47 Å². The summed E-state index contributed by atoms with van der Waals surface area (Å²) in [7, 11) is 0. The number of amides is 2. The second-order valence-electron chi connectivity index (χ2n) is 11.6. The maximum atomic E-state index is 14.0. The molecule has 0 saturated heterocycles. The molecule has 1 saturated carbocycles. The van der Waals surface area contributed by atoms with Crippen LogP contribution in [0.2, 0.25) is 10.0 Å². The van der Waals surface area contributed by atoms with Gasteiger partial charge in [-0.2, -0.15) is 0 Å². The molecule has 0 unspecified atom stereocenters. The Kier molecular flexibility index (Phi) is 10.8. The number of ether oxygens (including phenoxy) is 1. The minimum Gasteiger partial charge on any atom is -0.483 e. The predicted octanol–water partition coefficient (Wildman–Crippen LogP) is 8.13. The maximum Gasteiger partial charge on any atom is 0.261 e. The smallest absolute Gasteiger partial charge is 0.261 e. The Morgan fingerprint density at radius 2 is 1.66 bits per heavy atom. The molecule has 5 nitrogen and oxygen atoms in total. The largest absolute Gasteiger partial charge is 0.483 e. The normalized spacial score (nSPS) is 14.5. The van der Waals surface area contributed by atoms with E-state index in [1.54, 1.807) is 23.1 Å². The minimum absolute atomic E-state index is 0.0285. The molecule has 1 aliphatic rings. The number of benzene rings is 3. The number of hydrogen-bond donors (Lipinski definition) is 1. The number of carbonyl (C=O) groups excluding carboxylic acids is 2. The van der Waals surface area contributed by atoms with Crippen LogP contribution in [0.25, 0.3) is 0 Å². The number of halogens is 3. The van der Waals surface area contributed by atoms with Crippen molar-refractivity contribution in [2.24, 2.45) is 0 Å². The second kappa shape index (κ2) is 14.1. The third-order valence-electron chi connectivity index (χ3n) is 7.51. The minimum atomic E-state index is -0.784. The molecule has 1 atom stereocenters. The lowest BCUT2D eigenvalue weighted by atomic mass is 9.87. The first-order chi connectivity index (χ1) is 19.5. The summed E-state index contributed by atoms with van der Waals surface area (Å²) >= 11 is 16.7. The number of rotatable bonds is 10. The summed E-state index contributed by atoms with van der Waals surface area (Å²) < 4.78 is 6.79. The van der Waals surface area contributed by atoms with Crippen molar-refractivity contribution < 1.29 is 14.3 Å². The van der Waals surface area contributed by atoms with Crippen molar-refractivity contribution >= 4 is 50.9 Å². The van der Waals surface area contributed by atoms with E-state index in [1.165, 1.54) is 0 Å². The summed E-state index contributed by atoms with van der Waals surface area (Å²) in [5, 5.41) is 4.08. The molecule has 3 aromatic carbocycles. The third-order valence-corrected chi connectivity index (χ3v) is 8.84. The Morgan fingerprint density at radius 3 is 2.27 bits per heavy atom. The molecule has 0 bridgehead atoms. The van der Waals surface area contributed by atoms with Gasteiger partial charge in [-0.1, -0.05) is 99.3 Å². The van der Waals surface area contributed by atoms with Crippen LogP contribution in [-0.2, 0) is 28.0 Å².